The maximum atomic E-state index is 12.5. The molecule has 7 heteroatoms. The maximum absolute atomic E-state index is 12.5. The van der Waals surface area contributed by atoms with Gasteiger partial charge < -0.3 is 10.4 Å². The summed E-state index contributed by atoms with van der Waals surface area (Å²) in [6.07, 6.45) is -3.91. The number of alkyl halides is 3. The van der Waals surface area contributed by atoms with Gasteiger partial charge in [0.05, 0.1) is 11.7 Å². The number of nitrogens with zero attached hydrogens (tertiary/aromatic N) is 2. The molecule has 0 aromatic carbocycles. The summed E-state index contributed by atoms with van der Waals surface area (Å²) in [5, 5.41) is 20.5. The van der Waals surface area contributed by atoms with Crippen molar-refractivity contribution in [2.45, 2.75) is 32.0 Å². The van der Waals surface area contributed by atoms with Crippen LogP contribution in [0.5, 0.6) is 0 Å². The van der Waals surface area contributed by atoms with Crippen molar-refractivity contribution >= 4 is 5.82 Å². The largest absolute Gasteiger partial charge is 0.433 e. The first-order valence-electron chi connectivity index (χ1n) is 5.75. The minimum absolute atomic E-state index is 0.0602. The first-order chi connectivity index (χ1) is 8.84. The van der Waals surface area contributed by atoms with Crippen molar-refractivity contribution in [2.75, 3.05) is 11.9 Å². The topological polar surface area (TPSA) is 68.9 Å². The summed E-state index contributed by atoms with van der Waals surface area (Å²) in [5.74, 6) is -0.0806. The fraction of sp³-hybridized carbons (Fsp3) is 0.500. The second-order valence-corrected chi connectivity index (χ2v) is 4.12. The quantitative estimate of drug-likeness (QED) is 0.809. The summed E-state index contributed by atoms with van der Waals surface area (Å²) in [4.78, 5) is 3.41. The Bertz CT molecular complexity index is 466. The minimum Gasteiger partial charge on any atom is -0.393 e. The van der Waals surface area contributed by atoms with Crippen molar-refractivity contribution in [3.63, 3.8) is 0 Å². The highest BCUT2D eigenvalue weighted by Gasteiger charge is 2.33. The number of anilines is 1. The number of hydrogen-bond acceptors (Lipinski definition) is 4. The van der Waals surface area contributed by atoms with Crippen LogP contribution in [0.15, 0.2) is 12.1 Å². The molecule has 0 aliphatic rings. The van der Waals surface area contributed by atoms with Gasteiger partial charge in [0.25, 0.3) is 0 Å². The number of pyridine rings is 1. The number of hydrogen-bond donors (Lipinski definition) is 2. The van der Waals surface area contributed by atoms with Crippen LogP contribution in [0.25, 0.3) is 0 Å². The first-order valence-corrected chi connectivity index (χ1v) is 5.75. The predicted molar refractivity (Wildman–Crippen MR) is 63.4 cm³/mol. The molecule has 0 aliphatic heterocycles. The molecule has 19 heavy (non-hydrogen) atoms. The Morgan fingerprint density at radius 2 is 2.16 bits per heavy atom. The van der Waals surface area contributed by atoms with Gasteiger partial charge in [0.1, 0.15) is 17.6 Å². The summed E-state index contributed by atoms with van der Waals surface area (Å²) in [6, 6.07) is 3.65. The molecule has 1 aromatic heterocycles. The maximum Gasteiger partial charge on any atom is 0.433 e. The average Bonchev–Trinajstić information content (AvgIpc) is 2.33. The van der Waals surface area contributed by atoms with Crippen molar-refractivity contribution in [1.29, 1.82) is 5.26 Å². The summed E-state index contributed by atoms with van der Waals surface area (Å²) >= 11 is 0. The Morgan fingerprint density at radius 3 is 2.68 bits per heavy atom. The number of aromatic nitrogens is 1. The number of aliphatic hydroxyl groups excluding tert-OH is 1. The Labute approximate surface area is 108 Å². The molecule has 0 aliphatic carbocycles. The van der Waals surface area contributed by atoms with Crippen LogP contribution in [0.2, 0.25) is 0 Å². The lowest BCUT2D eigenvalue weighted by atomic mass is 10.2. The second kappa shape index (κ2) is 6.38. The van der Waals surface area contributed by atoms with Gasteiger partial charge in [-0.15, -0.1) is 0 Å². The Balaban J connectivity index is 2.77. The van der Waals surface area contributed by atoms with Crippen molar-refractivity contribution in [3.8, 4) is 6.07 Å². The van der Waals surface area contributed by atoms with Gasteiger partial charge in [-0.3, -0.25) is 0 Å². The second-order valence-electron chi connectivity index (χ2n) is 4.12. The van der Waals surface area contributed by atoms with Crippen molar-refractivity contribution < 1.29 is 18.3 Å². The van der Waals surface area contributed by atoms with E-state index in [4.69, 9.17) is 10.4 Å². The van der Waals surface area contributed by atoms with Crippen molar-refractivity contribution in [2.24, 2.45) is 0 Å². The first kappa shape index (κ1) is 15.2. The zero-order valence-corrected chi connectivity index (χ0v) is 10.3. The van der Waals surface area contributed by atoms with Crippen LogP contribution in [0, 0.1) is 11.3 Å². The molecule has 0 saturated carbocycles. The van der Waals surface area contributed by atoms with E-state index in [9.17, 15) is 13.2 Å². The highest BCUT2D eigenvalue weighted by molar-refractivity contribution is 5.52. The van der Waals surface area contributed by atoms with Gasteiger partial charge in [-0.1, -0.05) is 0 Å². The molecule has 0 spiro atoms. The van der Waals surface area contributed by atoms with E-state index in [-0.39, 0.29) is 11.4 Å². The van der Waals surface area contributed by atoms with Crippen molar-refractivity contribution in [1.82, 2.24) is 4.98 Å². The average molecular weight is 273 g/mol. The van der Waals surface area contributed by atoms with E-state index < -0.39 is 18.0 Å². The smallest absolute Gasteiger partial charge is 0.393 e. The fourth-order valence-corrected chi connectivity index (χ4v) is 1.45. The van der Waals surface area contributed by atoms with Gasteiger partial charge >= 0.3 is 6.18 Å². The third kappa shape index (κ3) is 4.75. The molecule has 1 aromatic rings. The van der Waals surface area contributed by atoms with Gasteiger partial charge in [-0.25, -0.2) is 4.98 Å². The highest BCUT2D eigenvalue weighted by Crippen LogP contribution is 2.29. The van der Waals surface area contributed by atoms with Crippen LogP contribution in [-0.2, 0) is 6.18 Å². The summed E-state index contributed by atoms with van der Waals surface area (Å²) in [6.45, 7) is 1.97. The fourth-order valence-electron chi connectivity index (χ4n) is 1.45. The lowest BCUT2D eigenvalue weighted by Gasteiger charge is -2.11. The zero-order valence-electron chi connectivity index (χ0n) is 10.3. The SMILES string of the molecule is CC(O)CCCNc1nc(C(F)(F)F)ccc1C#N. The molecule has 4 nitrogen and oxygen atoms in total. The molecule has 2 N–H and O–H groups in total. The van der Waals surface area contributed by atoms with Crippen LogP contribution in [-0.4, -0.2) is 22.7 Å². The van der Waals surface area contributed by atoms with Crippen LogP contribution in [0.4, 0.5) is 19.0 Å². The normalized spacial score (nSPS) is 12.8. The van der Waals surface area contributed by atoms with Crippen LogP contribution < -0.4 is 5.32 Å². The monoisotopic (exact) mass is 273 g/mol. The number of nitrogens with one attached hydrogen (secondary N) is 1. The van der Waals surface area contributed by atoms with E-state index in [1.807, 2.05) is 0 Å². The van der Waals surface area contributed by atoms with Gasteiger partial charge in [0.2, 0.25) is 0 Å². The van der Waals surface area contributed by atoms with Crippen LogP contribution >= 0.6 is 0 Å². The van der Waals surface area contributed by atoms with E-state index >= 15 is 0 Å². The van der Waals surface area contributed by atoms with E-state index in [0.29, 0.717) is 19.4 Å². The Kier molecular flexibility index (Phi) is 5.12. The summed E-state index contributed by atoms with van der Waals surface area (Å²) in [7, 11) is 0. The summed E-state index contributed by atoms with van der Waals surface area (Å²) < 4.78 is 37.5. The van der Waals surface area contributed by atoms with E-state index in [2.05, 4.69) is 10.3 Å². The molecule has 0 saturated heterocycles. The highest BCUT2D eigenvalue weighted by atomic mass is 19.4. The minimum atomic E-state index is -4.54. The molecule has 1 heterocycles. The van der Waals surface area contributed by atoms with Crippen molar-refractivity contribution in [3.05, 3.63) is 23.4 Å². The molecule has 1 unspecified atom stereocenters. The third-order valence-corrected chi connectivity index (χ3v) is 2.40. The molecule has 0 radical (unpaired) electrons. The molecule has 1 atom stereocenters. The number of halogens is 3. The lowest BCUT2D eigenvalue weighted by Crippen LogP contribution is -2.13. The lowest BCUT2D eigenvalue weighted by molar-refractivity contribution is -0.141. The number of nitriles is 1. The molecule has 0 bridgehead atoms. The van der Waals surface area contributed by atoms with Crippen LogP contribution in [0.1, 0.15) is 31.0 Å². The molecule has 1 rings (SSSR count). The zero-order chi connectivity index (χ0) is 14.5. The molecule has 0 amide bonds. The van der Waals surface area contributed by atoms with E-state index in [1.54, 1.807) is 13.0 Å². The standard InChI is InChI=1S/C12H14F3N3O/c1-8(19)3-2-6-17-11-9(7-16)4-5-10(18-11)12(13,14)15/h4-5,8,19H,2-3,6H2,1H3,(H,17,18). The van der Waals surface area contributed by atoms with Gasteiger partial charge in [0.15, 0.2) is 0 Å². The van der Waals surface area contributed by atoms with Crippen LogP contribution in [0.3, 0.4) is 0 Å². The Morgan fingerprint density at radius 1 is 1.47 bits per heavy atom. The molecule has 0 fully saturated rings. The number of rotatable bonds is 5. The Hall–Kier alpha value is -1.81. The number of aliphatic hydroxyl groups is 1. The van der Waals surface area contributed by atoms with E-state index in [0.717, 1.165) is 12.1 Å². The summed E-state index contributed by atoms with van der Waals surface area (Å²) in [5.41, 5.74) is -0.977. The molecular formula is C12H14F3N3O. The van der Waals surface area contributed by atoms with Gasteiger partial charge in [0, 0.05) is 6.54 Å². The predicted octanol–water partition coefficient (Wildman–Crippen LogP) is 2.54. The third-order valence-electron chi connectivity index (χ3n) is 2.40. The molecule has 104 valence electrons. The molecular weight excluding hydrogens is 259 g/mol. The van der Waals surface area contributed by atoms with Gasteiger partial charge in [-0.05, 0) is 31.9 Å². The van der Waals surface area contributed by atoms with Gasteiger partial charge in [-0.2, -0.15) is 18.4 Å². The van der Waals surface area contributed by atoms with E-state index in [1.165, 1.54) is 0 Å².